The van der Waals surface area contributed by atoms with Crippen LogP contribution in [0.2, 0.25) is 0 Å². The number of likely N-dealkylation sites (tertiary alicyclic amines) is 1. The van der Waals surface area contributed by atoms with Crippen LogP contribution in [0.25, 0.3) is 0 Å². The lowest BCUT2D eigenvalue weighted by atomic mass is 9.81. The van der Waals surface area contributed by atoms with E-state index in [0.717, 1.165) is 5.01 Å². The number of carbonyl (C=O) groups is 1. The summed E-state index contributed by atoms with van der Waals surface area (Å²) in [7, 11) is 0. The maximum atomic E-state index is 12.6. The number of hydrogen-bond acceptors (Lipinski definition) is 7. The van der Waals surface area contributed by atoms with Gasteiger partial charge in [0.25, 0.3) is 5.91 Å². The van der Waals surface area contributed by atoms with Gasteiger partial charge >= 0.3 is 0 Å². The van der Waals surface area contributed by atoms with Crippen molar-refractivity contribution in [1.29, 1.82) is 0 Å². The third-order valence-corrected chi connectivity index (χ3v) is 5.23. The zero-order valence-electron chi connectivity index (χ0n) is 12.4. The fourth-order valence-electron chi connectivity index (χ4n) is 3.32. The summed E-state index contributed by atoms with van der Waals surface area (Å²) in [6.45, 7) is 5.99. The maximum Gasteiger partial charge on any atom is 0.273 e. The van der Waals surface area contributed by atoms with Crippen molar-refractivity contribution in [3.05, 3.63) is 27.8 Å². The van der Waals surface area contributed by atoms with Gasteiger partial charge in [0.15, 0.2) is 5.82 Å². The summed E-state index contributed by atoms with van der Waals surface area (Å²) in [6, 6.07) is 0. The van der Waals surface area contributed by atoms with Gasteiger partial charge in [-0.1, -0.05) is 5.16 Å². The Morgan fingerprint density at radius 3 is 3.00 bits per heavy atom. The molecule has 2 saturated heterocycles. The Morgan fingerprint density at radius 2 is 2.32 bits per heavy atom. The average molecular weight is 320 g/mol. The molecule has 0 spiro atoms. The van der Waals surface area contributed by atoms with Crippen LogP contribution < -0.4 is 0 Å². The zero-order chi connectivity index (χ0) is 15.3. The number of fused-ring (bicyclic) bond motifs is 1. The van der Waals surface area contributed by atoms with Crippen LogP contribution in [0.5, 0.6) is 0 Å². The Morgan fingerprint density at radius 1 is 1.45 bits per heavy atom. The summed E-state index contributed by atoms with van der Waals surface area (Å²) in [5, 5.41) is 6.60. The number of carbonyl (C=O) groups excluding carboxylic acids is 1. The first-order valence-corrected chi connectivity index (χ1v) is 8.06. The third kappa shape index (κ3) is 1.98. The number of rotatable bonds is 2. The van der Waals surface area contributed by atoms with E-state index in [4.69, 9.17) is 9.26 Å². The van der Waals surface area contributed by atoms with Crippen molar-refractivity contribution in [3.8, 4) is 0 Å². The highest BCUT2D eigenvalue weighted by Gasteiger charge is 2.56. The molecule has 0 radical (unpaired) electrons. The summed E-state index contributed by atoms with van der Waals surface area (Å²) < 4.78 is 11.0. The first-order chi connectivity index (χ1) is 10.6. The van der Waals surface area contributed by atoms with Crippen LogP contribution in [0.1, 0.15) is 27.2 Å². The van der Waals surface area contributed by atoms with Crippen molar-refractivity contribution in [1.82, 2.24) is 20.0 Å². The molecule has 4 rings (SSSR count). The van der Waals surface area contributed by atoms with Crippen molar-refractivity contribution in [2.75, 3.05) is 26.3 Å². The van der Waals surface area contributed by atoms with E-state index in [9.17, 15) is 4.79 Å². The SMILES string of the molecule is Cc1noc([C@@]23COC[C@@H]2CN(C(=O)c2csc(C)n2)C3)n1. The molecule has 0 saturated carbocycles. The molecule has 0 aromatic carbocycles. The summed E-state index contributed by atoms with van der Waals surface area (Å²) in [4.78, 5) is 23.1. The number of ether oxygens (including phenoxy) is 1. The second kappa shape index (κ2) is 4.85. The molecule has 2 atom stereocenters. The molecule has 116 valence electrons. The Kier molecular flexibility index (Phi) is 3.05. The van der Waals surface area contributed by atoms with E-state index in [1.807, 2.05) is 17.2 Å². The lowest BCUT2D eigenvalue weighted by Gasteiger charge is -2.22. The summed E-state index contributed by atoms with van der Waals surface area (Å²) >= 11 is 1.49. The fourth-order valence-corrected chi connectivity index (χ4v) is 3.90. The molecule has 2 aliphatic rings. The van der Waals surface area contributed by atoms with Crippen LogP contribution in [0.15, 0.2) is 9.90 Å². The Balaban J connectivity index is 1.63. The number of aryl methyl sites for hydroxylation is 2. The molecule has 0 bridgehead atoms. The van der Waals surface area contributed by atoms with Gasteiger partial charge in [0, 0.05) is 24.4 Å². The third-order valence-electron chi connectivity index (χ3n) is 4.45. The van der Waals surface area contributed by atoms with Gasteiger partial charge in [0.05, 0.1) is 23.6 Å². The summed E-state index contributed by atoms with van der Waals surface area (Å²) in [5.41, 5.74) is 0.141. The van der Waals surface area contributed by atoms with Crippen LogP contribution in [-0.4, -0.2) is 52.2 Å². The predicted octanol–water partition coefficient (Wildman–Crippen LogP) is 1.18. The van der Waals surface area contributed by atoms with Gasteiger partial charge in [0.2, 0.25) is 5.89 Å². The first kappa shape index (κ1) is 13.8. The van der Waals surface area contributed by atoms with E-state index in [-0.39, 0.29) is 17.2 Å². The first-order valence-electron chi connectivity index (χ1n) is 7.18. The smallest absolute Gasteiger partial charge is 0.273 e. The number of nitrogens with zero attached hydrogens (tertiary/aromatic N) is 4. The average Bonchev–Trinajstić information content (AvgIpc) is 3.19. The molecule has 2 aromatic heterocycles. The molecular weight excluding hydrogens is 304 g/mol. The summed E-state index contributed by atoms with van der Waals surface area (Å²) in [6.07, 6.45) is 0. The molecule has 2 fully saturated rings. The van der Waals surface area contributed by atoms with E-state index in [1.54, 1.807) is 6.92 Å². The number of thiazole rings is 1. The number of hydrogen-bond donors (Lipinski definition) is 0. The predicted molar refractivity (Wildman–Crippen MR) is 77.8 cm³/mol. The van der Waals surface area contributed by atoms with Gasteiger partial charge in [-0.2, -0.15) is 4.98 Å². The van der Waals surface area contributed by atoms with E-state index in [2.05, 4.69) is 15.1 Å². The Hall–Kier alpha value is -1.80. The lowest BCUT2D eigenvalue weighted by Crippen LogP contribution is -2.37. The Labute approximate surface area is 131 Å². The van der Waals surface area contributed by atoms with E-state index < -0.39 is 0 Å². The zero-order valence-corrected chi connectivity index (χ0v) is 13.2. The van der Waals surface area contributed by atoms with Gasteiger partial charge in [-0.3, -0.25) is 4.79 Å². The molecule has 2 aliphatic heterocycles. The van der Waals surface area contributed by atoms with E-state index in [1.165, 1.54) is 11.3 Å². The van der Waals surface area contributed by atoms with Crippen molar-refractivity contribution < 1.29 is 14.1 Å². The van der Waals surface area contributed by atoms with Crippen LogP contribution in [-0.2, 0) is 10.2 Å². The molecule has 22 heavy (non-hydrogen) atoms. The molecule has 8 heteroatoms. The number of aromatic nitrogens is 3. The second-order valence-corrected chi connectivity index (χ2v) is 7.01. The highest BCUT2D eigenvalue weighted by molar-refractivity contribution is 7.09. The van der Waals surface area contributed by atoms with Crippen molar-refractivity contribution >= 4 is 17.2 Å². The molecule has 1 amide bonds. The highest BCUT2D eigenvalue weighted by atomic mass is 32.1. The molecule has 0 unspecified atom stereocenters. The fraction of sp³-hybridized carbons (Fsp3) is 0.571. The minimum absolute atomic E-state index is 0.0330. The highest BCUT2D eigenvalue weighted by Crippen LogP contribution is 2.43. The molecule has 0 aliphatic carbocycles. The molecule has 2 aromatic rings. The van der Waals surface area contributed by atoms with Crippen molar-refractivity contribution in [2.45, 2.75) is 19.3 Å². The molecule has 7 nitrogen and oxygen atoms in total. The van der Waals surface area contributed by atoms with E-state index >= 15 is 0 Å². The monoisotopic (exact) mass is 320 g/mol. The van der Waals surface area contributed by atoms with E-state index in [0.29, 0.717) is 43.7 Å². The largest absolute Gasteiger partial charge is 0.380 e. The lowest BCUT2D eigenvalue weighted by molar-refractivity contribution is 0.0731. The Bertz CT molecular complexity index is 727. The topological polar surface area (TPSA) is 81.4 Å². The maximum absolute atomic E-state index is 12.6. The summed E-state index contributed by atoms with van der Waals surface area (Å²) in [5.74, 6) is 1.34. The minimum atomic E-state index is -0.373. The van der Waals surface area contributed by atoms with Crippen LogP contribution >= 0.6 is 11.3 Å². The minimum Gasteiger partial charge on any atom is -0.380 e. The number of amides is 1. The van der Waals surface area contributed by atoms with Gasteiger partial charge in [-0.15, -0.1) is 11.3 Å². The van der Waals surface area contributed by atoms with Crippen molar-refractivity contribution in [2.24, 2.45) is 5.92 Å². The van der Waals surface area contributed by atoms with Crippen LogP contribution in [0.3, 0.4) is 0 Å². The van der Waals surface area contributed by atoms with Crippen molar-refractivity contribution in [3.63, 3.8) is 0 Å². The molecule has 4 heterocycles. The van der Waals surface area contributed by atoms with Gasteiger partial charge in [-0.25, -0.2) is 4.98 Å². The molecular formula is C14H16N4O3S. The van der Waals surface area contributed by atoms with Gasteiger partial charge < -0.3 is 14.2 Å². The molecule has 0 N–H and O–H groups in total. The van der Waals surface area contributed by atoms with Gasteiger partial charge in [0.1, 0.15) is 5.69 Å². The standard InChI is InChI=1S/C14H16N4O3S/c1-8-15-13(21-17-8)14-6-18(3-10(14)4-20-7-14)12(19)11-5-22-9(2)16-11/h5,10H,3-4,6-7H2,1-2H3/t10-,14-/m0/s1. The van der Waals surface area contributed by atoms with Crippen LogP contribution in [0, 0.1) is 19.8 Å². The van der Waals surface area contributed by atoms with Crippen LogP contribution in [0.4, 0.5) is 0 Å². The van der Waals surface area contributed by atoms with Gasteiger partial charge in [-0.05, 0) is 13.8 Å². The quantitative estimate of drug-likeness (QED) is 0.826. The normalized spacial score (nSPS) is 27.4. The second-order valence-electron chi connectivity index (χ2n) is 5.95.